The van der Waals surface area contributed by atoms with Gasteiger partial charge in [-0.15, -0.1) is 0 Å². The molecule has 0 aromatic heterocycles. The van der Waals surface area contributed by atoms with Gasteiger partial charge < -0.3 is 0 Å². The number of fused-ring (bicyclic) bond motifs is 3. The largest absolute Gasteiger partial charge is 0.0985 e. The first-order valence-corrected chi connectivity index (χ1v) is 17.2. The third kappa shape index (κ3) is 4.93. The van der Waals surface area contributed by atoms with Gasteiger partial charge in [0.15, 0.2) is 0 Å². The molecule has 0 aliphatic heterocycles. The summed E-state index contributed by atoms with van der Waals surface area (Å²) in [6.45, 7) is 4.04. The maximum atomic E-state index is 4.04. The summed E-state index contributed by atoms with van der Waals surface area (Å²) in [5, 5.41) is 7.44. The predicted molar refractivity (Wildman–Crippen MR) is 216 cm³/mol. The Bertz CT molecular complexity index is 2680. The van der Waals surface area contributed by atoms with Crippen molar-refractivity contribution < 1.29 is 0 Å². The van der Waals surface area contributed by atoms with Crippen molar-refractivity contribution >= 4 is 38.4 Å². The van der Waals surface area contributed by atoms with E-state index in [0.29, 0.717) is 0 Å². The molecule has 0 aliphatic carbocycles. The van der Waals surface area contributed by atoms with Crippen molar-refractivity contribution in [3.8, 4) is 55.6 Å². The van der Waals surface area contributed by atoms with Crippen molar-refractivity contribution in [1.29, 1.82) is 0 Å². The van der Waals surface area contributed by atoms with Crippen molar-refractivity contribution in [3.63, 3.8) is 0 Å². The molecule has 0 heteroatoms. The quantitative estimate of drug-likeness (QED) is 0.160. The SMILES string of the molecule is C=Cc1ccc(-c2c3ccccc3cc3c(-c4ccccc4-c4ccccc4)c4ccccc4c(-c4ccccc4-c4ccccc4)c23)cc1. The molecule has 0 fully saturated rings. The topological polar surface area (TPSA) is 0 Å². The molecule has 0 saturated carbocycles. The van der Waals surface area contributed by atoms with Crippen LogP contribution < -0.4 is 0 Å². The molecule has 0 aliphatic rings. The van der Waals surface area contributed by atoms with Gasteiger partial charge in [-0.05, 0) is 99.6 Å². The second-order valence-corrected chi connectivity index (χ2v) is 12.8. The lowest BCUT2D eigenvalue weighted by molar-refractivity contribution is 1.59. The molecule has 0 N–H and O–H groups in total. The molecular weight excluding hydrogens is 601 g/mol. The zero-order valence-electron chi connectivity index (χ0n) is 27.7. The Kier molecular flexibility index (Phi) is 7.41. The number of hydrogen-bond donors (Lipinski definition) is 0. The molecule has 0 bridgehead atoms. The van der Waals surface area contributed by atoms with Crippen molar-refractivity contribution in [3.05, 3.63) is 200 Å². The maximum Gasteiger partial charge on any atom is -0.000742 e. The average molecular weight is 635 g/mol. The van der Waals surface area contributed by atoms with Crippen LogP contribution in [0.4, 0.5) is 0 Å². The van der Waals surface area contributed by atoms with Gasteiger partial charge in [-0.2, -0.15) is 0 Å². The molecule has 9 aromatic rings. The highest BCUT2D eigenvalue weighted by Crippen LogP contribution is 2.52. The van der Waals surface area contributed by atoms with Crippen LogP contribution in [0.1, 0.15) is 5.56 Å². The van der Waals surface area contributed by atoms with E-state index in [1.54, 1.807) is 0 Å². The summed E-state index contributed by atoms with van der Waals surface area (Å²) in [4.78, 5) is 0. The standard InChI is InChI=1S/C50H34/c1-2-34-29-31-37(32-30-34)47-41-24-10-9-21-38(41)33-46-48(42-25-13-11-22-39(42)35-17-5-3-6-18-35)44-27-15-16-28-45(44)49(50(46)47)43-26-14-12-23-40(43)36-19-7-4-8-20-36/h2-33H,1H2. The van der Waals surface area contributed by atoms with Gasteiger partial charge in [0.2, 0.25) is 0 Å². The monoisotopic (exact) mass is 634 g/mol. The highest BCUT2D eigenvalue weighted by molar-refractivity contribution is 6.30. The summed E-state index contributed by atoms with van der Waals surface area (Å²) >= 11 is 0. The smallest absolute Gasteiger partial charge is 0.000742 e. The van der Waals surface area contributed by atoms with E-state index in [0.717, 1.165) is 5.56 Å². The Balaban J connectivity index is 1.54. The van der Waals surface area contributed by atoms with Crippen LogP contribution in [0.2, 0.25) is 0 Å². The van der Waals surface area contributed by atoms with Gasteiger partial charge in [0.1, 0.15) is 0 Å². The van der Waals surface area contributed by atoms with E-state index in [1.165, 1.54) is 88.0 Å². The zero-order chi connectivity index (χ0) is 33.4. The Hall–Kier alpha value is -6.50. The lowest BCUT2D eigenvalue weighted by atomic mass is 9.79. The zero-order valence-corrected chi connectivity index (χ0v) is 27.7. The number of hydrogen-bond acceptors (Lipinski definition) is 0. The summed E-state index contributed by atoms with van der Waals surface area (Å²) in [5.74, 6) is 0. The first kappa shape index (κ1) is 29.6. The Morgan fingerprint density at radius 2 is 0.780 bits per heavy atom. The number of benzene rings is 9. The Morgan fingerprint density at radius 1 is 0.320 bits per heavy atom. The van der Waals surface area contributed by atoms with Crippen LogP contribution in [0.15, 0.2) is 195 Å². The maximum absolute atomic E-state index is 4.04. The highest BCUT2D eigenvalue weighted by atomic mass is 14.3. The predicted octanol–water partition coefficient (Wildman–Crippen LogP) is 14.1. The van der Waals surface area contributed by atoms with E-state index in [4.69, 9.17) is 0 Å². The average Bonchev–Trinajstić information content (AvgIpc) is 3.20. The minimum Gasteiger partial charge on any atom is -0.0985 e. The first-order valence-electron chi connectivity index (χ1n) is 17.2. The van der Waals surface area contributed by atoms with Crippen LogP contribution in [0.25, 0.3) is 94.0 Å². The minimum atomic E-state index is 1.11. The Labute approximate surface area is 293 Å². The third-order valence-corrected chi connectivity index (χ3v) is 10.0. The van der Waals surface area contributed by atoms with Gasteiger partial charge >= 0.3 is 0 Å². The lowest BCUT2D eigenvalue weighted by Crippen LogP contribution is -1.97. The van der Waals surface area contributed by atoms with Crippen LogP contribution in [0, 0.1) is 0 Å². The van der Waals surface area contributed by atoms with Crippen LogP contribution in [-0.2, 0) is 0 Å². The molecule has 9 rings (SSSR count). The molecule has 0 unspecified atom stereocenters. The van der Waals surface area contributed by atoms with E-state index in [1.807, 2.05) is 6.08 Å². The third-order valence-electron chi connectivity index (χ3n) is 10.0. The van der Waals surface area contributed by atoms with Crippen LogP contribution in [0.3, 0.4) is 0 Å². The van der Waals surface area contributed by atoms with Gasteiger partial charge in [-0.3, -0.25) is 0 Å². The molecule has 0 nitrogen and oxygen atoms in total. The van der Waals surface area contributed by atoms with Crippen molar-refractivity contribution in [2.24, 2.45) is 0 Å². The van der Waals surface area contributed by atoms with E-state index in [-0.39, 0.29) is 0 Å². The molecule has 9 aromatic carbocycles. The summed E-state index contributed by atoms with van der Waals surface area (Å²) in [5.41, 5.74) is 13.4. The van der Waals surface area contributed by atoms with Crippen LogP contribution >= 0.6 is 0 Å². The van der Waals surface area contributed by atoms with Crippen LogP contribution in [-0.4, -0.2) is 0 Å². The summed E-state index contributed by atoms with van der Waals surface area (Å²) in [7, 11) is 0. The lowest BCUT2D eigenvalue weighted by Gasteiger charge is -2.24. The first-order chi connectivity index (χ1) is 24.8. The highest BCUT2D eigenvalue weighted by Gasteiger charge is 2.24. The van der Waals surface area contributed by atoms with Crippen molar-refractivity contribution in [1.82, 2.24) is 0 Å². The molecule has 0 heterocycles. The minimum absolute atomic E-state index is 1.11. The van der Waals surface area contributed by atoms with E-state index in [2.05, 4.69) is 195 Å². The van der Waals surface area contributed by atoms with Gasteiger partial charge in [0.25, 0.3) is 0 Å². The summed E-state index contributed by atoms with van der Waals surface area (Å²) in [6, 6.07) is 68.6. The molecule has 0 radical (unpaired) electrons. The van der Waals surface area contributed by atoms with Gasteiger partial charge in [0.05, 0.1) is 0 Å². The van der Waals surface area contributed by atoms with Crippen molar-refractivity contribution in [2.45, 2.75) is 0 Å². The fourth-order valence-electron chi connectivity index (χ4n) is 7.80. The Morgan fingerprint density at radius 3 is 1.36 bits per heavy atom. The second-order valence-electron chi connectivity index (χ2n) is 12.8. The van der Waals surface area contributed by atoms with Crippen LogP contribution in [0.5, 0.6) is 0 Å². The molecule has 0 saturated heterocycles. The number of rotatable bonds is 6. The molecule has 0 spiro atoms. The van der Waals surface area contributed by atoms with Crippen molar-refractivity contribution in [2.75, 3.05) is 0 Å². The molecular formula is C50H34. The second kappa shape index (κ2) is 12.5. The normalized spacial score (nSPS) is 11.3. The fraction of sp³-hybridized carbons (Fsp3) is 0. The molecule has 50 heavy (non-hydrogen) atoms. The van der Waals surface area contributed by atoms with Gasteiger partial charge in [-0.1, -0.05) is 195 Å². The summed E-state index contributed by atoms with van der Waals surface area (Å²) in [6.07, 6.45) is 1.92. The molecule has 0 atom stereocenters. The van der Waals surface area contributed by atoms with E-state index >= 15 is 0 Å². The van der Waals surface area contributed by atoms with E-state index < -0.39 is 0 Å². The van der Waals surface area contributed by atoms with Gasteiger partial charge in [0, 0.05) is 0 Å². The van der Waals surface area contributed by atoms with E-state index in [9.17, 15) is 0 Å². The molecule has 234 valence electrons. The fourth-order valence-corrected chi connectivity index (χ4v) is 7.80. The summed E-state index contributed by atoms with van der Waals surface area (Å²) < 4.78 is 0. The van der Waals surface area contributed by atoms with Gasteiger partial charge in [-0.25, -0.2) is 0 Å². The molecule has 0 amide bonds.